The first-order valence-corrected chi connectivity index (χ1v) is 9.90. The molecule has 6 nitrogen and oxygen atoms in total. The predicted octanol–water partition coefficient (Wildman–Crippen LogP) is 3.05. The van der Waals surface area contributed by atoms with E-state index in [0.29, 0.717) is 49.7 Å². The number of piperazine rings is 1. The molecule has 1 aliphatic heterocycles. The Morgan fingerprint density at radius 1 is 1.10 bits per heavy atom. The highest BCUT2D eigenvalue weighted by molar-refractivity contribution is 5.89. The zero-order valence-corrected chi connectivity index (χ0v) is 17.1. The van der Waals surface area contributed by atoms with Crippen molar-refractivity contribution >= 4 is 11.7 Å². The van der Waals surface area contributed by atoms with Gasteiger partial charge in [-0.15, -0.1) is 0 Å². The number of carbonyl (C=O) groups excluding carboxylic acids is 1. The highest BCUT2D eigenvalue weighted by atomic mass is 19.4. The number of nitrogens with zero attached hydrogens (tertiary/aromatic N) is 2. The number of aliphatic hydroxyl groups excluding tert-OH is 1. The average molecular weight is 438 g/mol. The molecule has 0 aliphatic carbocycles. The van der Waals surface area contributed by atoms with Crippen LogP contribution >= 0.6 is 0 Å². The molecular weight excluding hydrogens is 413 g/mol. The van der Waals surface area contributed by atoms with Crippen LogP contribution in [0.1, 0.15) is 15.9 Å². The van der Waals surface area contributed by atoms with E-state index in [9.17, 15) is 23.1 Å². The molecular formula is C22H25F3N2O4. The summed E-state index contributed by atoms with van der Waals surface area (Å²) in [5.41, 5.74) is 0.308. The van der Waals surface area contributed by atoms with Crippen molar-refractivity contribution in [3.63, 3.8) is 0 Å². The number of esters is 1. The number of benzene rings is 2. The Morgan fingerprint density at radius 2 is 1.77 bits per heavy atom. The number of alkyl halides is 3. The lowest BCUT2D eigenvalue weighted by atomic mass is 10.1. The molecule has 1 heterocycles. The van der Waals surface area contributed by atoms with Gasteiger partial charge in [-0.05, 0) is 42.5 Å². The van der Waals surface area contributed by atoms with Gasteiger partial charge in [0.05, 0.1) is 18.2 Å². The number of β-amino-alcohol motifs (C(OH)–C–C–N with tert-alkyl or cyclic N) is 1. The van der Waals surface area contributed by atoms with Crippen molar-refractivity contribution < 1.29 is 32.5 Å². The molecule has 9 heteroatoms. The molecule has 0 bridgehead atoms. The number of rotatable bonds is 7. The molecule has 1 N–H and O–H groups in total. The first-order valence-electron chi connectivity index (χ1n) is 9.90. The van der Waals surface area contributed by atoms with Crippen molar-refractivity contribution in [2.24, 2.45) is 0 Å². The molecule has 2 aromatic carbocycles. The van der Waals surface area contributed by atoms with Crippen LogP contribution in [-0.4, -0.2) is 68.5 Å². The number of anilines is 1. The van der Waals surface area contributed by atoms with Crippen LogP contribution in [0.25, 0.3) is 0 Å². The van der Waals surface area contributed by atoms with E-state index >= 15 is 0 Å². The van der Waals surface area contributed by atoms with E-state index in [2.05, 4.69) is 9.64 Å². The Kier molecular flexibility index (Phi) is 7.40. The van der Waals surface area contributed by atoms with Gasteiger partial charge in [0, 0.05) is 38.4 Å². The monoisotopic (exact) mass is 438 g/mol. The third-order valence-corrected chi connectivity index (χ3v) is 5.10. The molecule has 1 aliphatic rings. The molecule has 168 valence electrons. The molecule has 0 spiro atoms. The van der Waals surface area contributed by atoms with Gasteiger partial charge in [-0.3, -0.25) is 4.90 Å². The Morgan fingerprint density at radius 3 is 2.39 bits per heavy atom. The lowest BCUT2D eigenvalue weighted by Gasteiger charge is -2.37. The van der Waals surface area contributed by atoms with Crippen LogP contribution < -0.4 is 9.64 Å². The molecule has 0 radical (unpaired) electrons. The highest BCUT2D eigenvalue weighted by Gasteiger charge is 2.31. The van der Waals surface area contributed by atoms with Crippen molar-refractivity contribution in [2.45, 2.75) is 12.3 Å². The van der Waals surface area contributed by atoms with Crippen LogP contribution in [0.2, 0.25) is 0 Å². The molecule has 31 heavy (non-hydrogen) atoms. The molecule has 0 aromatic heterocycles. The van der Waals surface area contributed by atoms with Gasteiger partial charge in [0.15, 0.2) is 0 Å². The first-order chi connectivity index (χ1) is 14.8. The minimum atomic E-state index is -4.36. The third-order valence-electron chi connectivity index (χ3n) is 5.10. The van der Waals surface area contributed by atoms with Crippen molar-refractivity contribution in [1.29, 1.82) is 0 Å². The molecule has 2 aromatic rings. The Balaban J connectivity index is 1.44. The van der Waals surface area contributed by atoms with E-state index in [0.717, 1.165) is 6.07 Å². The Hall–Kier alpha value is -2.78. The van der Waals surface area contributed by atoms with Crippen LogP contribution in [-0.2, 0) is 10.9 Å². The van der Waals surface area contributed by atoms with Crippen molar-refractivity contribution in [2.75, 3.05) is 51.3 Å². The molecule has 3 rings (SSSR count). The Labute approximate surface area is 178 Å². The number of methoxy groups -OCH3 is 1. The fourth-order valence-corrected chi connectivity index (χ4v) is 3.42. The fraction of sp³-hybridized carbons (Fsp3) is 0.409. The SMILES string of the molecule is COC(=O)c1ccc(OC[C@H](O)CN2CCN(c3cccc(C(F)(F)F)c3)CC2)cc1. The van der Waals surface area contributed by atoms with Crippen LogP contribution in [0.15, 0.2) is 48.5 Å². The number of hydrogen-bond acceptors (Lipinski definition) is 6. The van der Waals surface area contributed by atoms with Crippen LogP contribution in [0.3, 0.4) is 0 Å². The van der Waals surface area contributed by atoms with Crippen LogP contribution in [0, 0.1) is 0 Å². The summed E-state index contributed by atoms with van der Waals surface area (Å²) in [6, 6.07) is 11.8. The first kappa shape index (κ1) is 22.9. The summed E-state index contributed by atoms with van der Waals surface area (Å²) < 4.78 is 49.0. The molecule has 0 amide bonds. The van der Waals surface area contributed by atoms with Gasteiger partial charge in [-0.1, -0.05) is 6.07 Å². The molecule has 0 saturated carbocycles. The lowest BCUT2D eigenvalue weighted by molar-refractivity contribution is -0.137. The Bertz CT molecular complexity index is 866. The maximum absolute atomic E-state index is 12.9. The zero-order valence-electron chi connectivity index (χ0n) is 17.1. The second-order valence-corrected chi connectivity index (χ2v) is 7.32. The predicted molar refractivity (Wildman–Crippen MR) is 109 cm³/mol. The van der Waals surface area contributed by atoms with Crippen LogP contribution in [0.4, 0.5) is 18.9 Å². The number of carbonyl (C=O) groups is 1. The minimum Gasteiger partial charge on any atom is -0.491 e. The summed E-state index contributed by atoms with van der Waals surface area (Å²) in [7, 11) is 1.31. The van der Waals surface area contributed by atoms with E-state index in [1.807, 2.05) is 4.90 Å². The maximum Gasteiger partial charge on any atom is 0.416 e. The summed E-state index contributed by atoms with van der Waals surface area (Å²) in [5, 5.41) is 10.3. The number of hydrogen-bond donors (Lipinski definition) is 1. The summed E-state index contributed by atoms with van der Waals surface area (Å²) in [4.78, 5) is 15.4. The van der Waals surface area contributed by atoms with Crippen molar-refractivity contribution in [1.82, 2.24) is 4.90 Å². The van der Waals surface area contributed by atoms with Gasteiger partial charge in [0.25, 0.3) is 0 Å². The second kappa shape index (κ2) is 10.0. The lowest BCUT2D eigenvalue weighted by Crippen LogP contribution is -2.49. The van der Waals surface area contributed by atoms with Crippen molar-refractivity contribution in [3.05, 3.63) is 59.7 Å². The van der Waals surface area contributed by atoms with Crippen LogP contribution in [0.5, 0.6) is 5.75 Å². The largest absolute Gasteiger partial charge is 0.491 e. The summed E-state index contributed by atoms with van der Waals surface area (Å²) >= 11 is 0. The second-order valence-electron chi connectivity index (χ2n) is 7.32. The third kappa shape index (κ3) is 6.35. The molecule has 1 saturated heterocycles. The maximum atomic E-state index is 12.9. The summed E-state index contributed by atoms with van der Waals surface area (Å²) in [5.74, 6) is 0.0944. The minimum absolute atomic E-state index is 0.0887. The van der Waals surface area contributed by atoms with E-state index in [4.69, 9.17) is 4.74 Å². The normalized spacial score (nSPS) is 16.1. The van der Waals surface area contributed by atoms with Gasteiger partial charge in [-0.2, -0.15) is 13.2 Å². The van der Waals surface area contributed by atoms with E-state index < -0.39 is 23.8 Å². The number of aliphatic hydroxyl groups is 1. The molecule has 0 unspecified atom stereocenters. The van der Waals surface area contributed by atoms with Gasteiger partial charge in [-0.25, -0.2) is 4.79 Å². The zero-order chi connectivity index (χ0) is 22.4. The molecule has 1 fully saturated rings. The van der Waals surface area contributed by atoms with Gasteiger partial charge < -0.3 is 19.5 Å². The van der Waals surface area contributed by atoms with Gasteiger partial charge >= 0.3 is 12.1 Å². The molecule has 1 atom stereocenters. The smallest absolute Gasteiger partial charge is 0.416 e. The quantitative estimate of drug-likeness (QED) is 0.671. The van der Waals surface area contributed by atoms with Crippen molar-refractivity contribution in [3.8, 4) is 5.75 Å². The highest BCUT2D eigenvalue weighted by Crippen LogP contribution is 2.31. The fourth-order valence-electron chi connectivity index (χ4n) is 3.42. The van der Waals surface area contributed by atoms with E-state index in [1.54, 1.807) is 30.3 Å². The number of ether oxygens (including phenoxy) is 2. The van der Waals surface area contributed by atoms with E-state index in [1.165, 1.54) is 19.2 Å². The topological polar surface area (TPSA) is 62.2 Å². The summed E-state index contributed by atoms with van der Waals surface area (Å²) in [6.07, 6.45) is -5.08. The number of halogens is 3. The van der Waals surface area contributed by atoms with Gasteiger partial charge in [0.1, 0.15) is 18.5 Å². The average Bonchev–Trinajstić information content (AvgIpc) is 2.77. The van der Waals surface area contributed by atoms with E-state index in [-0.39, 0.29) is 6.61 Å². The summed E-state index contributed by atoms with van der Waals surface area (Å²) in [6.45, 7) is 2.89. The van der Waals surface area contributed by atoms with Gasteiger partial charge in [0.2, 0.25) is 0 Å². The standard InChI is InChI=1S/C22H25F3N2O4/c1-30-21(29)16-5-7-20(8-6-16)31-15-19(28)14-26-9-11-27(12-10-26)18-4-2-3-17(13-18)22(23,24)25/h2-8,13,19,28H,9-12,14-15H2,1H3/t19-/m1/s1.